The molecule has 2 N–H and O–H groups in total. The molecule has 138 valence electrons. The lowest BCUT2D eigenvalue weighted by Gasteiger charge is -2.25. The average molecular weight is 367 g/mol. The van der Waals surface area contributed by atoms with Gasteiger partial charge < -0.3 is 14.8 Å². The van der Waals surface area contributed by atoms with Gasteiger partial charge in [-0.25, -0.2) is 4.39 Å². The molecule has 0 radical (unpaired) electrons. The van der Waals surface area contributed by atoms with Crippen molar-refractivity contribution in [3.8, 4) is 11.5 Å². The summed E-state index contributed by atoms with van der Waals surface area (Å²) in [5.74, 6) is 1.15. The van der Waals surface area contributed by atoms with E-state index < -0.39 is 0 Å². The molecule has 7 heteroatoms. The van der Waals surface area contributed by atoms with Crippen LogP contribution in [-0.4, -0.2) is 23.2 Å². The Morgan fingerprint density at radius 1 is 1.19 bits per heavy atom. The van der Waals surface area contributed by atoms with Crippen LogP contribution in [-0.2, 0) is 11.4 Å². The van der Waals surface area contributed by atoms with Crippen LogP contribution < -0.4 is 14.8 Å². The van der Waals surface area contributed by atoms with Crippen LogP contribution in [0.3, 0.4) is 0 Å². The molecular formula is C20H18FN3O3. The second-order valence-electron chi connectivity index (χ2n) is 6.30. The van der Waals surface area contributed by atoms with Crippen molar-refractivity contribution in [3.63, 3.8) is 0 Å². The maximum absolute atomic E-state index is 13.1. The number of aromatic amines is 1. The number of fused-ring (bicyclic) bond motifs is 1. The summed E-state index contributed by atoms with van der Waals surface area (Å²) < 4.78 is 24.6. The highest BCUT2D eigenvalue weighted by molar-refractivity contribution is 5.94. The van der Waals surface area contributed by atoms with E-state index in [4.69, 9.17) is 9.47 Å². The zero-order valence-electron chi connectivity index (χ0n) is 14.7. The molecule has 0 bridgehead atoms. The topological polar surface area (TPSA) is 76.2 Å². The molecule has 0 aliphatic carbocycles. The summed E-state index contributed by atoms with van der Waals surface area (Å²) in [6.07, 6.45) is 2.00. The number of nitrogens with one attached hydrogen (secondary N) is 2. The van der Waals surface area contributed by atoms with E-state index in [1.807, 2.05) is 18.2 Å². The molecule has 6 nitrogen and oxygen atoms in total. The number of carbonyl (C=O) groups excluding carboxylic acids is 1. The number of ether oxygens (including phenoxy) is 2. The Kier molecular flexibility index (Phi) is 4.50. The van der Waals surface area contributed by atoms with Crippen molar-refractivity contribution < 1.29 is 18.7 Å². The van der Waals surface area contributed by atoms with E-state index in [2.05, 4.69) is 15.5 Å². The van der Waals surface area contributed by atoms with Crippen LogP contribution in [0.15, 0.2) is 48.7 Å². The Hall–Kier alpha value is -3.35. The lowest BCUT2D eigenvalue weighted by atomic mass is 9.86. The minimum atomic E-state index is -0.294. The van der Waals surface area contributed by atoms with Gasteiger partial charge in [-0.15, -0.1) is 0 Å². The fourth-order valence-corrected chi connectivity index (χ4v) is 3.28. The number of H-pyrrole nitrogens is 1. The van der Waals surface area contributed by atoms with E-state index >= 15 is 0 Å². The molecule has 27 heavy (non-hydrogen) atoms. The lowest BCUT2D eigenvalue weighted by molar-refractivity contribution is -0.116. The summed E-state index contributed by atoms with van der Waals surface area (Å²) in [7, 11) is 1.57. The highest BCUT2D eigenvalue weighted by Gasteiger charge is 2.31. The Labute approximate surface area is 155 Å². The smallest absolute Gasteiger partial charge is 0.226 e. The Morgan fingerprint density at radius 2 is 2.00 bits per heavy atom. The quantitative estimate of drug-likeness (QED) is 0.722. The number of methoxy groups -OCH3 is 1. The molecule has 1 unspecified atom stereocenters. The van der Waals surface area contributed by atoms with Gasteiger partial charge in [-0.05, 0) is 23.8 Å². The molecule has 4 rings (SSSR count). The fourth-order valence-electron chi connectivity index (χ4n) is 3.28. The minimum absolute atomic E-state index is 0.0935. The number of para-hydroxylation sites is 1. The summed E-state index contributed by atoms with van der Waals surface area (Å²) in [4.78, 5) is 12.1. The van der Waals surface area contributed by atoms with Gasteiger partial charge in [-0.2, -0.15) is 5.10 Å². The molecule has 0 fully saturated rings. The number of rotatable bonds is 5. The number of aromatic nitrogens is 2. The molecule has 2 aromatic carbocycles. The van der Waals surface area contributed by atoms with Crippen molar-refractivity contribution in [1.82, 2.24) is 10.2 Å². The first kappa shape index (κ1) is 17.1. The summed E-state index contributed by atoms with van der Waals surface area (Å²) in [6, 6.07) is 11.7. The number of carbonyl (C=O) groups is 1. The van der Waals surface area contributed by atoms with Crippen LogP contribution in [0.1, 0.15) is 29.0 Å². The van der Waals surface area contributed by atoms with Gasteiger partial charge in [0.1, 0.15) is 18.2 Å². The maximum atomic E-state index is 13.1. The van der Waals surface area contributed by atoms with E-state index in [0.717, 1.165) is 16.7 Å². The number of halogens is 1. The van der Waals surface area contributed by atoms with Crippen molar-refractivity contribution in [2.45, 2.75) is 18.9 Å². The van der Waals surface area contributed by atoms with E-state index in [-0.39, 0.29) is 30.7 Å². The molecule has 1 atom stereocenters. The number of amides is 1. The highest BCUT2D eigenvalue weighted by Crippen LogP contribution is 2.43. The Morgan fingerprint density at radius 3 is 2.78 bits per heavy atom. The molecule has 0 saturated carbocycles. The van der Waals surface area contributed by atoms with Crippen molar-refractivity contribution >= 4 is 11.7 Å². The molecule has 0 saturated heterocycles. The molecule has 0 spiro atoms. The van der Waals surface area contributed by atoms with E-state index in [1.165, 1.54) is 12.1 Å². The molecule has 1 aromatic heterocycles. The predicted octanol–water partition coefficient (Wildman–Crippen LogP) is 3.61. The van der Waals surface area contributed by atoms with Gasteiger partial charge in [0.25, 0.3) is 0 Å². The van der Waals surface area contributed by atoms with Crippen LogP contribution in [0.4, 0.5) is 10.2 Å². The average Bonchev–Trinajstić information content (AvgIpc) is 3.15. The van der Waals surface area contributed by atoms with Gasteiger partial charge in [-0.3, -0.25) is 9.89 Å². The summed E-state index contributed by atoms with van der Waals surface area (Å²) in [5.41, 5.74) is 2.57. The number of benzene rings is 2. The molecule has 2 heterocycles. The van der Waals surface area contributed by atoms with Gasteiger partial charge in [0.2, 0.25) is 5.91 Å². The molecule has 1 aliphatic heterocycles. The van der Waals surface area contributed by atoms with E-state index in [9.17, 15) is 9.18 Å². The second-order valence-corrected chi connectivity index (χ2v) is 6.30. The van der Waals surface area contributed by atoms with Crippen molar-refractivity contribution in [1.29, 1.82) is 0 Å². The van der Waals surface area contributed by atoms with Gasteiger partial charge in [0.05, 0.1) is 13.3 Å². The van der Waals surface area contributed by atoms with Gasteiger partial charge in [-0.1, -0.05) is 24.3 Å². The first-order valence-electron chi connectivity index (χ1n) is 8.53. The van der Waals surface area contributed by atoms with Crippen molar-refractivity contribution in [2.75, 3.05) is 12.4 Å². The van der Waals surface area contributed by atoms with Crippen molar-refractivity contribution in [3.05, 3.63) is 71.2 Å². The standard InChI is InChI=1S/C20H18FN3O3/c1-26-17-4-2-3-14(15-9-18(25)23-20-16(15)10-22-24-20)19(17)27-11-12-5-7-13(21)8-6-12/h2-8,10,15H,9,11H2,1H3,(H2,22,23,24,25). The van der Waals surface area contributed by atoms with E-state index in [1.54, 1.807) is 25.4 Å². The maximum Gasteiger partial charge on any atom is 0.226 e. The third-order valence-electron chi connectivity index (χ3n) is 4.60. The van der Waals surface area contributed by atoms with Crippen LogP contribution in [0.25, 0.3) is 0 Å². The number of nitrogens with zero attached hydrogens (tertiary/aromatic N) is 1. The Bertz CT molecular complexity index is 969. The first-order valence-corrected chi connectivity index (χ1v) is 8.53. The zero-order valence-corrected chi connectivity index (χ0v) is 14.7. The van der Waals surface area contributed by atoms with Crippen LogP contribution >= 0.6 is 0 Å². The van der Waals surface area contributed by atoms with Crippen LogP contribution in [0.5, 0.6) is 11.5 Å². The third-order valence-corrected chi connectivity index (χ3v) is 4.60. The second kappa shape index (κ2) is 7.11. The number of hydrogen-bond acceptors (Lipinski definition) is 4. The monoisotopic (exact) mass is 367 g/mol. The first-order chi connectivity index (χ1) is 13.2. The SMILES string of the molecule is COc1cccc(C2CC(=O)Nc3[nH]ncc32)c1OCc1ccc(F)cc1. The third kappa shape index (κ3) is 3.36. The number of anilines is 1. The fraction of sp³-hybridized carbons (Fsp3) is 0.200. The zero-order chi connectivity index (χ0) is 18.8. The minimum Gasteiger partial charge on any atom is -0.493 e. The predicted molar refractivity (Wildman–Crippen MR) is 97.4 cm³/mol. The lowest BCUT2D eigenvalue weighted by Crippen LogP contribution is -2.23. The molecular weight excluding hydrogens is 349 g/mol. The Balaban J connectivity index is 1.69. The van der Waals surface area contributed by atoms with Gasteiger partial charge >= 0.3 is 0 Å². The van der Waals surface area contributed by atoms with Crippen molar-refractivity contribution in [2.24, 2.45) is 0 Å². The largest absolute Gasteiger partial charge is 0.493 e. The molecule has 3 aromatic rings. The summed E-state index contributed by atoms with van der Waals surface area (Å²) >= 11 is 0. The van der Waals surface area contributed by atoms with Gasteiger partial charge in [0.15, 0.2) is 11.5 Å². The van der Waals surface area contributed by atoms with Crippen LogP contribution in [0, 0.1) is 5.82 Å². The van der Waals surface area contributed by atoms with Gasteiger partial charge in [0, 0.05) is 23.5 Å². The highest BCUT2D eigenvalue weighted by atomic mass is 19.1. The van der Waals surface area contributed by atoms with Crippen LogP contribution in [0.2, 0.25) is 0 Å². The normalized spacial score (nSPS) is 15.8. The summed E-state index contributed by atoms with van der Waals surface area (Å²) in [6.45, 7) is 0.255. The molecule has 1 amide bonds. The van der Waals surface area contributed by atoms with E-state index in [0.29, 0.717) is 17.3 Å². The number of hydrogen-bond donors (Lipinski definition) is 2. The summed E-state index contributed by atoms with van der Waals surface area (Å²) in [5, 5.41) is 9.64. The molecule has 1 aliphatic rings.